The number of thiophene rings is 1. The third-order valence-electron chi connectivity index (χ3n) is 6.80. The standard InChI is InChI=1S/C22H27N5O7S3/c1-5-25-8-9-26(17(31)16(25)30)20(34)23-12(11-7-6-10-36-11)14(28)24-22(19(32)33)21(2,3)37-18-13(35-4)15(29)27(18)22/h6-7,10,12-13,18H,5,8-9H2,1-4H3,(H,23,34)(H,24,28)(H,32,33)/t12?,13-,18-,22+/m1/s1. The first-order valence-corrected chi connectivity index (χ1v) is 14.5. The zero-order valence-corrected chi connectivity index (χ0v) is 23.0. The maximum Gasteiger partial charge on any atom is 0.352 e. The lowest BCUT2D eigenvalue weighted by Crippen LogP contribution is -2.78. The van der Waals surface area contributed by atoms with Crippen molar-refractivity contribution in [1.82, 2.24) is 25.3 Å². The molecule has 3 N–H and O–H groups in total. The van der Waals surface area contributed by atoms with Crippen LogP contribution in [0.3, 0.4) is 0 Å². The van der Waals surface area contributed by atoms with Gasteiger partial charge in [0.05, 0.1) is 4.75 Å². The van der Waals surface area contributed by atoms with E-state index in [2.05, 4.69) is 10.6 Å². The number of β-lactam (4-membered cyclic amide) rings is 1. The number of imide groups is 1. The van der Waals surface area contributed by atoms with Crippen molar-refractivity contribution in [2.75, 3.05) is 25.9 Å². The summed E-state index contributed by atoms with van der Waals surface area (Å²) in [5, 5.41) is 16.2. The second-order valence-electron chi connectivity index (χ2n) is 9.13. The number of nitrogens with one attached hydrogen (secondary N) is 2. The van der Waals surface area contributed by atoms with Crippen LogP contribution in [0.25, 0.3) is 0 Å². The van der Waals surface area contributed by atoms with E-state index in [1.54, 1.807) is 44.5 Å². The number of carboxylic acid groups (broad SMARTS) is 1. The smallest absolute Gasteiger partial charge is 0.352 e. The van der Waals surface area contributed by atoms with Gasteiger partial charge in [-0.1, -0.05) is 6.07 Å². The Morgan fingerprint density at radius 1 is 1.22 bits per heavy atom. The third kappa shape index (κ3) is 4.16. The van der Waals surface area contributed by atoms with Gasteiger partial charge in [0.25, 0.3) is 0 Å². The van der Waals surface area contributed by atoms with E-state index in [4.69, 9.17) is 0 Å². The summed E-state index contributed by atoms with van der Waals surface area (Å²) in [4.78, 5) is 80.7. The number of carbonyl (C=O) groups is 6. The second-order valence-corrected chi connectivity index (χ2v) is 12.8. The van der Waals surface area contributed by atoms with Crippen molar-refractivity contribution in [2.24, 2.45) is 0 Å². The number of hydrogen-bond acceptors (Lipinski definition) is 9. The van der Waals surface area contributed by atoms with E-state index in [0.29, 0.717) is 11.4 Å². The lowest BCUT2D eigenvalue weighted by Gasteiger charge is -2.49. The summed E-state index contributed by atoms with van der Waals surface area (Å²) in [6, 6.07) is 0.915. The Hall–Kier alpha value is -2.78. The van der Waals surface area contributed by atoms with Gasteiger partial charge in [0.2, 0.25) is 17.5 Å². The molecule has 0 saturated carbocycles. The minimum atomic E-state index is -2.07. The van der Waals surface area contributed by atoms with E-state index in [0.717, 1.165) is 16.2 Å². The maximum atomic E-state index is 13.7. The lowest BCUT2D eigenvalue weighted by atomic mass is 9.89. The molecule has 3 saturated heterocycles. The number of aliphatic carboxylic acids is 1. The number of carboxylic acids is 1. The van der Waals surface area contributed by atoms with Crippen LogP contribution < -0.4 is 10.6 Å². The number of carbonyl (C=O) groups excluding carboxylic acids is 5. The minimum Gasteiger partial charge on any atom is -0.478 e. The molecule has 0 radical (unpaired) electrons. The van der Waals surface area contributed by atoms with Gasteiger partial charge in [-0.15, -0.1) is 34.9 Å². The number of rotatable bonds is 7. The summed E-state index contributed by atoms with van der Waals surface area (Å²) in [6.45, 7) is 5.43. The highest BCUT2D eigenvalue weighted by Crippen LogP contribution is 2.57. The normalized spacial score (nSPS) is 27.5. The first-order valence-electron chi connectivity index (χ1n) is 11.4. The van der Waals surface area contributed by atoms with E-state index >= 15 is 0 Å². The van der Waals surface area contributed by atoms with E-state index in [1.165, 1.54) is 33.3 Å². The summed E-state index contributed by atoms with van der Waals surface area (Å²) < 4.78 is -1.11. The molecule has 0 spiro atoms. The van der Waals surface area contributed by atoms with Crippen LogP contribution in [0.15, 0.2) is 17.5 Å². The first-order chi connectivity index (χ1) is 17.4. The lowest BCUT2D eigenvalue weighted by molar-refractivity contribution is -0.172. The van der Waals surface area contributed by atoms with Gasteiger partial charge in [-0.2, -0.15) is 0 Å². The summed E-state index contributed by atoms with van der Waals surface area (Å²) in [7, 11) is 0. The van der Waals surface area contributed by atoms with Gasteiger partial charge >= 0.3 is 23.8 Å². The predicted octanol–water partition coefficient (Wildman–Crippen LogP) is 0.512. The second kappa shape index (κ2) is 9.83. The molecular weight excluding hydrogens is 542 g/mol. The topological polar surface area (TPSA) is 156 Å². The molecule has 0 aliphatic carbocycles. The molecule has 3 aliphatic heterocycles. The Labute approximate surface area is 225 Å². The van der Waals surface area contributed by atoms with Crippen LogP contribution in [0, 0.1) is 0 Å². The van der Waals surface area contributed by atoms with Crippen molar-refractivity contribution >= 4 is 70.5 Å². The van der Waals surface area contributed by atoms with Gasteiger partial charge in [0, 0.05) is 24.5 Å². The Morgan fingerprint density at radius 3 is 2.49 bits per heavy atom. The fourth-order valence-corrected chi connectivity index (χ4v) is 8.33. The average molecular weight is 570 g/mol. The highest BCUT2D eigenvalue weighted by atomic mass is 32.2. The van der Waals surface area contributed by atoms with E-state index < -0.39 is 62.7 Å². The molecule has 4 heterocycles. The summed E-state index contributed by atoms with van der Waals surface area (Å²) >= 11 is 3.75. The van der Waals surface area contributed by atoms with Gasteiger partial charge in [-0.05, 0) is 38.5 Å². The number of piperazine rings is 1. The van der Waals surface area contributed by atoms with Gasteiger partial charge < -0.3 is 20.6 Å². The van der Waals surface area contributed by atoms with Crippen molar-refractivity contribution in [3.8, 4) is 0 Å². The molecule has 1 aromatic rings. The Balaban J connectivity index is 1.62. The molecule has 0 bridgehead atoms. The molecular formula is C22H27N5O7S3. The molecule has 3 aliphatic rings. The van der Waals surface area contributed by atoms with E-state index in [-0.39, 0.29) is 13.1 Å². The van der Waals surface area contributed by atoms with Crippen molar-refractivity contribution in [1.29, 1.82) is 0 Å². The Bertz CT molecular complexity index is 1160. The van der Waals surface area contributed by atoms with Gasteiger partial charge in [0.15, 0.2) is 0 Å². The van der Waals surface area contributed by atoms with Gasteiger partial charge in [-0.3, -0.25) is 29.0 Å². The van der Waals surface area contributed by atoms with E-state index in [9.17, 15) is 33.9 Å². The molecule has 0 aromatic carbocycles. The molecule has 12 nitrogen and oxygen atoms in total. The number of urea groups is 1. The van der Waals surface area contributed by atoms with Crippen LogP contribution in [0.4, 0.5) is 4.79 Å². The van der Waals surface area contributed by atoms with Crippen molar-refractivity contribution in [2.45, 2.75) is 47.8 Å². The highest BCUT2D eigenvalue weighted by molar-refractivity contribution is 8.05. The number of thioether (sulfide) groups is 2. The van der Waals surface area contributed by atoms with Crippen LogP contribution in [0.1, 0.15) is 31.7 Å². The zero-order chi connectivity index (χ0) is 27.3. The predicted molar refractivity (Wildman–Crippen MR) is 138 cm³/mol. The zero-order valence-electron chi connectivity index (χ0n) is 20.5. The number of amides is 6. The summed E-state index contributed by atoms with van der Waals surface area (Å²) in [5.74, 6) is -4.49. The van der Waals surface area contributed by atoms with Gasteiger partial charge in [0.1, 0.15) is 16.7 Å². The molecule has 1 unspecified atom stereocenters. The Morgan fingerprint density at radius 2 is 1.92 bits per heavy atom. The minimum absolute atomic E-state index is 0.0498. The molecule has 4 atom stereocenters. The quantitative estimate of drug-likeness (QED) is 0.315. The summed E-state index contributed by atoms with van der Waals surface area (Å²) in [6.07, 6.45) is 1.77. The monoisotopic (exact) mass is 569 g/mol. The molecule has 15 heteroatoms. The SMILES string of the molecule is CCN1CCN(C(=O)NC(C(=O)N[C@@]2(C(=O)O)N3C(=O)[C@@H](SC)[C@H]3SC2(C)C)c2cccs2)C(=O)C1=O. The van der Waals surface area contributed by atoms with Gasteiger partial charge in [-0.25, -0.2) is 9.59 Å². The van der Waals surface area contributed by atoms with E-state index in [1.807, 2.05) is 0 Å². The number of likely N-dealkylation sites (N-methyl/N-ethyl adjacent to an activating group) is 1. The Kier molecular flexibility index (Phi) is 7.25. The number of fused-ring (bicyclic) bond motifs is 1. The van der Waals surface area contributed by atoms with Crippen molar-refractivity contribution in [3.63, 3.8) is 0 Å². The maximum absolute atomic E-state index is 13.7. The highest BCUT2D eigenvalue weighted by Gasteiger charge is 2.73. The van der Waals surface area contributed by atoms with Crippen LogP contribution in [-0.2, 0) is 24.0 Å². The molecule has 4 rings (SSSR count). The number of hydrogen-bond donors (Lipinski definition) is 3. The molecule has 6 amide bonds. The fourth-order valence-electron chi connectivity index (χ4n) is 4.77. The molecule has 37 heavy (non-hydrogen) atoms. The molecule has 3 fully saturated rings. The fraction of sp³-hybridized carbons (Fsp3) is 0.545. The molecule has 200 valence electrons. The van der Waals surface area contributed by atoms with Crippen molar-refractivity contribution in [3.05, 3.63) is 22.4 Å². The molecule has 1 aromatic heterocycles. The average Bonchev–Trinajstić information content (AvgIpc) is 3.43. The number of nitrogens with zero attached hydrogens (tertiary/aromatic N) is 3. The van der Waals surface area contributed by atoms with Crippen molar-refractivity contribution < 1.29 is 33.9 Å². The summed E-state index contributed by atoms with van der Waals surface area (Å²) in [5.41, 5.74) is -2.07. The van der Waals surface area contributed by atoms with Crippen LogP contribution in [-0.4, -0.2) is 102 Å². The third-order valence-corrected chi connectivity index (χ3v) is 10.5. The van der Waals surface area contributed by atoms with Crippen LogP contribution in [0.2, 0.25) is 0 Å². The van der Waals surface area contributed by atoms with Crippen LogP contribution in [0.5, 0.6) is 0 Å². The first kappa shape index (κ1) is 27.3. The van der Waals surface area contributed by atoms with Crippen LogP contribution >= 0.6 is 34.9 Å². The largest absolute Gasteiger partial charge is 0.478 e.